The molecule has 0 rings (SSSR count). The van der Waals surface area contributed by atoms with Crippen LogP contribution >= 0.6 is 7.60 Å². The van der Waals surface area contributed by atoms with Crippen LogP contribution in [-0.2, 0) is 13.4 Å². The molecule has 0 bridgehead atoms. The highest BCUT2D eigenvalue weighted by Gasteiger charge is 2.23. The second-order valence-corrected chi connectivity index (χ2v) is 8.44. The summed E-state index contributed by atoms with van der Waals surface area (Å²) in [5.74, 6) is -0.0402. The summed E-state index contributed by atoms with van der Waals surface area (Å²) >= 11 is 0. The topological polar surface area (TPSA) is 108 Å². The van der Waals surface area contributed by atoms with Crippen molar-refractivity contribution in [3.63, 3.8) is 0 Å². The van der Waals surface area contributed by atoms with Gasteiger partial charge in [-0.3, -0.25) is 4.57 Å². The number of hydrogen-bond donors (Lipinski definition) is 4. The van der Waals surface area contributed by atoms with Crippen LogP contribution in [0.3, 0.4) is 0 Å². The lowest BCUT2D eigenvalue weighted by Gasteiger charge is -2.24. The molecular weight excluding hydrogens is 301 g/mol. The Balaban J connectivity index is 4.17. The molecule has 0 aliphatic heterocycles. The largest absolute Gasteiger partial charge is 0.397 e. The van der Waals surface area contributed by atoms with E-state index in [1.165, 1.54) is 0 Å². The van der Waals surface area contributed by atoms with Crippen LogP contribution in [-0.4, -0.2) is 62.7 Å². The van der Waals surface area contributed by atoms with Crippen molar-refractivity contribution in [2.75, 3.05) is 32.5 Å². The number of hydrogen-bond acceptors (Lipinski definition) is 5. The SMILES string of the molecule is CCO[SiH](CC(CNCCP(=O)(O)O)C(C)O)OCC. The van der Waals surface area contributed by atoms with Gasteiger partial charge < -0.3 is 29.1 Å². The van der Waals surface area contributed by atoms with E-state index < -0.39 is 23.0 Å². The first kappa shape index (κ1) is 20.2. The van der Waals surface area contributed by atoms with E-state index in [9.17, 15) is 9.67 Å². The van der Waals surface area contributed by atoms with Crippen LogP contribution < -0.4 is 5.32 Å². The molecule has 20 heavy (non-hydrogen) atoms. The Bertz CT molecular complexity index is 282. The van der Waals surface area contributed by atoms with Gasteiger partial charge in [0.1, 0.15) is 0 Å². The molecule has 0 aromatic rings. The fourth-order valence-corrected chi connectivity index (χ4v) is 4.38. The Kier molecular flexibility index (Phi) is 11.0. The molecule has 0 saturated heterocycles. The highest BCUT2D eigenvalue weighted by Crippen LogP contribution is 2.32. The third kappa shape index (κ3) is 10.9. The molecular formula is C11H28NO6PSi. The summed E-state index contributed by atoms with van der Waals surface area (Å²) < 4.78 is 21.9. The summed E-state index contributed by atoms with van der Waals surface area (Å²) in [4.78, 5) is 17.5. The monoisotopic (exact) mass is 329 g/mol. The summed E-state index contributed by atoms with van der Waals surface area (Å²) in [5.41, 5.74) is 0. The molecule has 7 nitrogen and oxygen atoms in total. The van der Waals surface area contributed by atoms with Gasteiger partial charge in [0.2, 0.25) is 0 Å². The predicted octanol–water partition coefficient (Wildman–Crippen LogP) is 0.0442. The first-order chi connectivity index (χ1) is 9.30. The zero-order chi connectivity index (χ0) is 15.6. The van der Waals surface area contributed by atoms with Crippen molar-refractivity contribution in [3.05, 3.63) is 0 Å². The van der Waals surface area contributed by atoms with Gasteiger partial charge in [-0.1, -0.05) is 0 Å². The number of aliphatic hydroxyl groups excluding tert-OH is 1. The summed E-state index contributed by atoms with van der Waals surface area (Å²) in [6.45, 7) is 7.43. The lowest BCUT2D eigenvalue weighted by atomic mass is 10.1. The number of aliphatic hydroxyl groups is 1. The van der Waals surface area contributed by atoms with Crippen molar-refractivity contribution in [3.8, 4) is 0 Å². The standard InChI is InChI=1S/C11H28NO6PSi/c1-4-17-20(18-5-2)9-11(10(3)13)8-12-6-7-19(14,15)16/h10-13,20H,4-9H2,1-3H3,(H2,14,15,16). The number of nitrogens with one attached hydrogen (secondary N) is 1. The van der Waals surface area contributed by atoms with E-state index in [-0.39, 0.29) is 18.6 Å². The fourth-order valence-electron chi connectivity index (χ4n) is 1.77. The molecule has 0 fully saturated rings. The van der Waals surface area contributed by atoms with E-state index in [0.29, 0.717) is 25.8 Å². The zero-order valence-electron chi connectivity index (χ0n) is 12.5. The molecule has 0 amide bonds. The van der Waals surface area contributed by atoms with Gasteiger partial charge in [0.05, 0.1) is 12.3 Å². The molecule has 2 atom stereocenters. The first-order valence-electron chi connectivity index (χ1n) is 6.96. The smallest absolute Gasteiger partial charge is 0.326 e. The summed E-state index contributed by atoms with van der Waals surface area (Å²) in [6.07, 6.45) is -0.717. The second-order valence-electron chi connectivity index (χ2n) is 4.67. The van der Waals surface area contributed by atoms with Crippen LogP contribution in [0.15, 0.2) is 0 Å². The fraction of sp³-hybridized carbons (Fsp3) is 1.00. The molecule has 0 radical (unpaired) electrons. The first-order valence-corrected chi connectivity index (χ1v) is 10.5. The highest BCUT2D eigenvalue weighted by molar-refractivity contribution is 7.51. The molecule has 0 saturated carbocycles. The maximum absolute atomic E-state index is 10.7. The van der Waals surface area contributed by atoms with Crippen LogP contribution in [0.5, 0.6) is 0 Å². The van der Waals surface area contributed by atoms with Gasteiger partial charge >= 0.3 is 16.9 Å². The van der Waals surface area contributed by atoms with Crippen LogP contribution in [0.1, 0.15) is 20.8 Å². The average molecular weight is 329 g/mol. The van der Waals surface area contributed by atoms with Gasteiger partial charge in [-0.15, -0.1) is 0 Å². The van der Waals surface area contributed by atoms with Crippen LogP contribution in [0.25, 0.3) is 0 Å². The van der Waals surface area contributed by atoms with E-state index >= 15 is 0 Å². The van der Waals surface area contributed by atoms with E-state index in [2.05, 4.69) is 5.32 Å². The summed E-state index contributed by atoms with van der Waals surface area (Å²) in [6, 6.07) is 0.669. The third-order valence-corrected chi connectivity index (χ3v) is 6.08. The summed E-state index contributed by atoms with van der Waals surface area (Å²) in [5, 5.41) is 12.7. The Morgan fingerprint density at radius 2 is 1.80 bits per heavy atom. The maximum atomic E-state index is 10.7. The lowest BCUT2D eigenvalue weighted by Crippen LogP contribution is -2.36. The normalized spacial score (nSPS) is 15.6. The molecule has 0 heterocycles. The van der Waals surface area contributed by atoms with Crippen molar-refractivity contribution in [1.82, 2.24) is 5.32 Å². The minimum absolute atomic E-state index is 0.0402. The average Bonchev–Trinajstić information content (AvgIpc) is 2.32. The van der Waals surface area contributed by atoms with Gasteiger partial charge in [-0.2, -0.15) is 0 Å². The summed E-state index contributed by atoms with van der Waals surface area (Å²) in [7, 11) is -5.75. The van der Waals surface area contributed by atoms with Crippen molar-refractivity contribution < 1.29 is 28.3 Å². The Morgan fingerprint density at radius 3 is 2.20 bits per heavy atom. The van der Waals surface area contributed by atoms with E-state index in [4.69, 9.17) is 18.6 Å². The molecule has 0 spiro atoms. The van der Waals surface area contributed by atoms with E-state index in [1.54, 1.807) is 6.92 Å². The van der Waals surface area contributed by atoms with Crippen LogP contribution in [0, 0.1) is 5.92 Å². The molecule has 0 aliphatic rings. The highest BCUT2D eigenvalue weighted by atomic mass is 31.2. The van der Waals surface area contributed by atoms with Gasteiger partial charge in [0.15, 0.2) is 0 Å². The van der Waals surface area contributed by atoms with Crippen LogP contribution in [0.4, 0.5) is 0 Å². The molecule has 122 valence electrons. The Labute approximate surface area is 122 Å². The second kappa shape index (κ2) is 10.9. The lowest BCUT2D eigenvalue weighted by molar-refractivity contribution is 0.123. The molecule has 0 aromatic heterocycles. The predicted molar refractivity (Wildman–Crippen MR) is 80.2 cm³/mol. The quantitative estimate of drug-likeness (QED) is 0.227. The molecule has 2 unspecified atom stereocenters. The van der Waals surface area contributed by atoms with Crippen molar-refractivity contribution in [1.29, 1.82) is 0 Å². The van der Waals surface area contributed by atoms with Crippen molar-refractivity contribution in [2.24, 2.45) is 5.92 Å². The van der Waals surface area contributed by atoms with Gasteiger partial charge in [0, 0.05) is 26.3 Å². The van der Waals surface area contributed by atoms with Crippen LogP contribution in [0.2, 0.25) is 6.04 Å². The van der Waals surface area contributed by atoms with E-state index in [0.717, 1.165) is 0 Å². The van der Waals surface area contributed by atoms with Crippen molar-refractivity contribution in [2.45, 2.75) is 32.9 Å². The molecule has 9 heteroatoms. The van der Waals surface area contributed by atoms with Crippen molar-refractivity contribution >= 4 is 16.9 Å². The Hall–Kier alpha value is 0.207. The molecule has 0 aliphatic carbocycles. The third-order valence-electron chi connectivity index (χ3n) is 2.87. The molecule has 0 aromatic carbocycles. The van der Waals surface area contributed by atoms with E-state index in [1.807, 2.05) is 13.8 Å². The number of rotatable bonds is 12. The van der Waals surface area contributed by atoms with Gasteiger partial charge in [-0.05, 0) is 32.7 Å². The maximum Gasteiger partial charge on any atom is 0.326 e. The minimum atomic E-state index is -3.96. The molecule has 4 N–H and O–H groups in total. The Morgan fingerprint density at radius 1 is 1.25 bits per heavy atom. The minimum Gasteiger partial charge on any atom is -0.397 e. The zero-order valence-corrected chi connectivity index (χ0v) is 14.5. The van der Waals surface area contributed by atoms with Gasteiger partial charge in [-0.25, -0.2) is 0 Å². The van der Waals surface area contributed by atoms with Gasteiger partial charge in [0.25, 0.3) is 0 Å².